The first kappa shape index (κ1) is 12.3. The van der Waals surface area contributed by atoms with E-state index in [1.54, 1.807) is 18.4 Å². The van der Waals surface area contributed by atoms with Crippen LogP contribution in [0.3, 0.4) is 0 Å². The van der Waals surface area contributed by atoms with E-state index in [-0.39, 0.29) is 0 Å². The number of rotatable bonds is 7. The van der Waals surface area contributed by atoms with Gasteiger partial charge in [0.05, 0.1) is 25.2 Å². The monoisotopic (exact) mass is 251 g/mol. The van der Waals surface area contributed by atoms with E-state index in [0.29, 0.717) is 0 Å². The molecule has 17 heavy (non-hydrogen) atoms. The van der Waals surface area contributed by atoms with Gasteiger partial charge in [-0.3, -0.25) is 0 Å². The summed E-state index contributed by atoms with van der Waals surface area (Å²) in [7, 11) is 1.71. The molecule has 2 aromatic heterocycles. The second kappa shape index (κ2) is 6.54. The largest absolute Gasteiger partial charge is 0.383 e. The molecule has 2 heterocycles. The minimum Gasteiger partial charge on any atom is -0.383 e. The molecule has 0 aromatic carbocycles. The molecule has 0 spiro atoms. The van der Waals surface area contributed by atoms with E-state index in [4.69, 9.17) is 4.74 Å². The van der Waals surface area contributed by atoms with Crippen molar-refractivity contribution in [1.82, 2.24) is 14.9 Å². The molecule has 5 heteroatoms. The lowest BCUT2D eigenvalue weighted by Crippen LogP contribution is -2.20. The van der Waals surface area contributed by atoms with Crippen molar-refractivity contribution in [3.05, 3.63) is 40.6 Å². The van der Waals surface area contributed by atoms with Crippen molar-refractivity contribution in [3.8, 4) is 0 Å². The zero-order chi connectivity index (χ0) is 11.9. The van der Waals surface area contributed by atoms with Gasteiger partial charge < -0.3 is 14.6 Å². The fourth-order valence-electron chi connectivity index (χ4n) is 1.60. The maximum atomic E-state index is 4.99. The van der Waals surface area contributed by atoms with Gasteiger partial charge in [0.2, 0.25) is 0 Å². The molecule has 1 N–H and O–H groups in total. The van der Waals surface area contributed by atoms with E-state index < -0.39 is 0 Å². The minimum absolute atomic E-state index is 0.735. The summed E-state index contributed by atoms with van der Waals surface area (Å²) in [5, 5.41) is 5.43. The van der Waals surface area contributed by atoms with Gasteiger partial charge in [-0.05, 0) is 11.4 Å². The van der Waals surface area contributed by atoms with Crippen LogP contribution in [0.4, 0.5) is 0 Å². The van der Waals surface area contributed by atoms with Crippen LogP contribution in [0.15, 0.2) is 30.0 Å². The highest BCUT2D eigenvalue weighted by molar-refractivity contribution is 7.09. The van der Waals surface area contributed by atoms with Gasteiger partial charge in [0.25, 0.3) is 0 Å². The molecule has 0 fully saturated rings. The summed E-state index contributed by atoms with van der Waals surface area (Å²) in [5.41, 5.74) is 1.20. The number of methoxy groups -OCH3 is 1. The SMILES string of the molecule is COCCNCc1cncn1Cc1cccs1. The topological polar surface area (TPSA) is 39.1 Å². The van der Waals surface area contributed by atoms with Gasteiger partial charge in [-0.1, -0.05) is 6.07 Å². The van der Waals surface area contributed by atoms with Crippen molar-refractivity contribution >= 4 is 11.3 Å². The van der Waals surface area contributed by atoms with Gasteiger partial charge in [-0.25, -0.2) is 4.98 Å². The Morgan fingerprint density at radius 1 is 1.53 bits per heavy atom. The Morgan fingerprint density at radius 3 is 3.24 bits per heavy atom. The van der Waals surface area contributed by atoms with Gasteiger partial charge in [0.15, 0.2) is 0 Å². The summed E-state index contributed by atoms with van der Waals surface area (Å²) in [4.78, 5) is 5.55. The fraction of sp³-hybridized carbons (Fsp3) is 0.417. The first-order valence-corrected chi connectivity index (χ1v) is 6.49. The van der Waals surface area contributed by atoms with Gasteiger partial charge in [0.1, 0.15) is 0 Å². The highest BCUT2D eigenvalue weighted by atomic mass is 32.1. The summed E-state index contributed by atoms with van der Waals surface area (Å²) in [6.45, 7) is 3.33. The summed E-state index contributed by atoms with van der Waals surface area (Å²) in [6, 6.07) is 4.22. The molecule has 2 aromatic rings. The number of ether oxygens (including phenoxy) is 1. The molecule has 0 unspecified atom stereocenters. The Morgan fingerprint density at radius 2 is 2.47 bits per heavy atom. The van der Waals surface area contributed by atoms with Crippen LogP contribution < -0.4 is 5.32 Å². The first-order chi connectivity index (χ1) is 8.40. The normalized spacial score (nSPS) is 10.9. The fourth-order valence-corrected chi connectivity index (χ4v) is 2.30. The van der Waals surface area contributed by atoms with E-state index in [1.807, 2.05) is 12.5 Å². The predicted octanol–water partition coefficient (Wildman–Crippen LogP) is 1.73. The maximum Gasteiger partial charge on any atom is 0.0952 e. The Labute approximate surface area is 105 Å². The Kier molecular flexibility index (Phi) is 4.73. The third kappa shape index (κ3) is 3.66. The van der Waals surface area contributed by atoms with Crippen molar-refractivity contribution in [3.63, 3.8) is 0 Å². The number of thiophene rings is 1. The van der Waals surface area contributed by atoms with Gasteiger partial charge in [-0.15, -0.1) is 11.3 Å². The van der Waals surface area contributed by atoms with E-state index >= 15 is 0 Å². The van der Waals surface area contributed by atoms with Crippen molar-refractivity contribution in [2.75, 3.05) is 20.3 Å². The van der Waals surface area contributed by atoms with E-state index in [1.165, 1.54) is 10.6 Å². The van der Waals surface area contributed by atoms with Crippen LogP contribution >= 0.6 is 11.3 Å². The van der Waals surface area contributed by atoms with Crippen LogP contribution in [0.25, 0.3) is 0 Å². The first-order valence-electron chi connectivity index (χ1n) is 5.61. The number of hydrogen-bond acceptors (Lipinski definition) is 4. The van der Waals surface area contributed by atoms with E-state index in [9.17, 15) is 0 Å². The molecule has 0 saturated heterocycles. The third-order valence-electron chi connectivity index (χ3n) is 2.49. The molecular weight excluding hydrogens is 234 g/mol. The molecule has 4 nitrogen and oxygen atoms in total. The average molecular weight is 251 g/mol. The molecule has 0 atom stereocenters. The molecule has 0 aliphatic carbocycles. The Hall–Kier alpha value is -1.17. The lowest BCUT2D eigenvalue weighted by atomic mass is 10.4. The van der Waals surface area contributed by atoms with Crippen LogP contribution in [0, 0.1) is 0 Å². The number of aromatic nitrogens is 2. The zero-order valence-electron chi connectivity index (χ0n) is 9.93. The number of hydrogen-bond donors (Lipinski definition) is 1. The minimum atomic E-state index is 0.735. The molecule has 0 radical (unpaired) electrons. The molecule has 0 aliphatic heterocycles. The lowest BCUT2D eigenvalue weighted by molar-refractivity contribution is 0.199. The van der Waals surface area contributed by atoms with Crippen LogP contribution in [0.2, 0.25) is 0 Å². The molecule has 92 valence electrons. The molecular formula is C12H17N3OS. The maximum absolute atomic E-state index is 4.99. The quantitative estimate of drug-likeness (QED) is 0.762. The van der Waals surface area contributed by atoms with Gasteiger partial charge in [0, 0.05) is 31.3 Å². The summed E-state index contributed by atoms with van der Waals surface area (Å²) < 4.78 is 7.17. The van der Waals surface area contributed by atoms with Crippen molar-refractivity contribution in [2.45, 2.75) is 13.1 Å². The average Bonchev–Trinajstić information content (AvgIpc) is 2.97. The number of imidazole rings is 1. The molecule has 0 amide bonds. The highest BCUT2D eigenvalue weighted by Gasteiger charge is 2.02. The van der Waals surface area contributed by atoms with Crippen LogP contribution in [0.5, 0.6) is 0 Å². The van der Waals surface area contributed by atoms with Gasteiger partial charge in [-0.2, -0.15) is 0 Å². The molecule has 0 aliphatic rings. The van der Waals surface area contributed by atoms with Crippen LogP contribution in [-0.4, -0.2) is 29.8 Å². The van der Waals surface area contributed by atoms with Gasteiger partial charge >= 0.3 is 0 Å². The van der Waals surface area contributed by atoms with E-state index in [0.717, 1.165) is 26.2 Å². The number of nitrogens with zero attached hydrogens (tertiary/aromatic N) is 2. The number of nitrogens with one attached hydrogen (secondary N) is 1. The molecule has 2 rings (SSSR count). The predicted molar refractivity (Wildman–Crippen MR) is 69.2 cm³/mol. The second-order valence-corrected chi connectivity index (χ2v) is 4.79. The molecule has 0 saturated carbocycles. The third-order valence-corrected chi connectivity index (χ3v) is 3.36. The van der Waals surface area contributed by atoms with Crippen LogP contribution in [0.1, 0.15) is 10.6 Å². The van der Waals surface area contributed by atoms with Crippen molar-refractivity contribution in [2.24, 2.45) is 0 Å². The van der Waals surface area contributed by atoms with Crippen molar-refractivity contribution < 1.29 is 4.74 Å². The summed E-state index contributed by atoms with van der Waals surface area (Å²) in [5.74, 6) is 0. The summed E-state index contributed by atoms with van der Waals surface area (Å²) in [6.07, 6.45) is 3.79. The lowest BCUT2D eigenvalue weighted by Gasteiger charge is -2.07. The zero-order valence-corrected chi connectivity index (χ0v) is 10.7. The Balaban J connectivity index is 1.88. The van der Waals surface area contributed by atoms with Crippen LogP contribution in [-0.2, 0) is 17.8 Å². The summed E-state index contributed by atoms with van der Waals surface area (Å²) >= 11 is 1.77. The standard InChI is InChI=1S/C12H17N3OS/c1-16-5-4-13-7-11-8-14-10-15(11)9-12-3-2-6-17-12/h2-3,6,8,10,13H,4-5,7,9H2,1H3. The molecule has 0 bridgehead atoms. The van der Waals surface area contributed by atoms with Crippen molar-refractivity contribution in [1.29, 1.82) is 0 Å². The highest BCUT2D eigenvalue weighted by Crippen LogP contribution is 2.11. The second-order valence-electron chi connectivity index (χ2n) is 3.76. The van der Waals surface area contributed by atoms with E-state index in [2.05, 4.69) is 32.4 Å². The Bertz CT molecular complexity index is 425. The smallest absolute Gasteiger partial charge is 0.0952 e.